The highest BCUT2D eigenvalue weighted by Crippen LogP contribution is 2.36. The molecule has 0 spiro atoms. The van der Waals surface area contributed by atoms with E-state index in [1.165, 1.54) is 0 Å². The Kier molecular flexibility index (Phi) is 5.41. The summed E-state index contributed by atoms with van der Waals surface area (Å²) >= 11 is 0. The normalized spacial score (nSPS) is 14.2. The molecule has 0 saturated carbocycles. The molecule has 0 fully saturated rings. The maximum absolute atomic E-state index is 5.30. The summed E-state index contributed by atoms with van der Waals surface area (Å²) in [5.41, 5.74) is 16.4. The van der Waals surface area contributed by atoms with Crippen LogP contribution < -0.4 is 0 Å². The molecular weight excluding hydrogens is 667 g/mol. The van der Waals surface area contributed by atoms with E-state index in [-0.39, 0.29) is 0 Å². The highest BCUT2D eigenvalue weighted by molar-refractivity contribution is 6.21. The van der Waals surface area contributed by atoms with Crippen LogP contribution in [-0.4, -0.2) is 44.9 Å². The third-order valence-corrected chi connectivity index (χ3v) is 11.1. The molecule has 0 radical (unpaired) electrons. The van der Waals surface area contributed by atoms with Crippen molar-refractivity contribution in [2.75, 3.05) is 0 Å². The summed E-state index contributed by atoms with van der Waals surface area (Å²) in [7, 11) is 0. The molecule has 54 heavy (non-hydrogen) atoms. The van der Waals surface area contributed by atoms with Crippen molar-refractivity contribution >= 4 is 122 Å². The number of para-hydroxylation sites is 1. The quantitative estimate of drug-likeness (QED) is 0.113. The Morgan fingerprint density at radius 1 is 0.315 bits per heavy atom. The molecule has 2 aliphatic rings. The van der Waals surface area contributed by atoms with E-state index in [2.05, 4.69) is 66.8 Å². The Bertz CT molecular complexity index is 3390. The van der Waals surface area contributed by atoms with Crippen molar-refractivity contribution in [3.63, 3.8) is 0 Å². The van der Waals surface area contributed by atoms with Gasteiger partial charge in [-0.3, -0.25) is 9.97 Å². The van der Waals surface area contributed by atoms with Gasteiger partial charge in [-0.05, 0) is 97.5 Å². The minimum absolute atomic E-state index is 0.626. The first-order chi connectivity index (χ1) is 26.6. The van der Waals surface area contributed by atoms with Crippen LogP contribution in [0.4, 0.5) is 0 Å². The van der Waals surface area contributed by atoms with E-state index in [1.54, 1.807) is 0 Å². The third kappa shape index (κ3) is 4.06. The van der Waals surface area contributed by atoms with Crippen molar-refractivity contribution in [2.45, 2.75) is 25.7 Å². The van der Waals surface area contributed by atoms with Crippen LogP contribution >= 0.6 is 0 Å². The van der Waals surface area contributed by atoms with Gasteiger partial charge in [0, 0.05) is 32.9 Å². The average Bonchev–Trinajstić information content (AvgIpc) is 3.20. The van der Waals surface area contributed by atoms with E-state index in [0.717, 1.165) is 125 Å². The van der Waals surface area contributed by atoms with Gasteiger partial charge < -0.3 is 0 Å². The van der Waals surface area contributed by atoms with E-state index in [0.29, 0.717) is 33.1 Å². The van der Waals surface area contributed by atoms with Crippen LogP contribution in [0.25, 0.3) is 122 Å². The van der Waals surface area contributed by atoms with Gasteiger partial charge in [0.1, 0.15) is 33.1 Å². The molecule has 13 rings (SSSR count). The highest BCUT2D eigenvalue weighted by atomic mass is 14.9. The first kappa shape index (κ1) is 28.5. The van der Waals surface area contributed by atoms with Crippen LogP contribution in [-0.2, 0) is 12.8 Å². The molecule has 5 aromatic carbocycles. The maximum atomic E-state index is 5.30. The number of hydrogen-bond acceptors (Lipinski definition) is 9. The molecule has 0 aliphatic heterocycles. The molecule has 0 bridgehead atoms. The van der Waals surface area contributed by atoms with Gasteiger partial charge in [-0.2, -0.15) is 0 Å². The fourth-order valence-electron chi connectivity index (χ4n) is 8.43. The summed E-state index contributed by atoms with van der Waals surface area (Å²) in [5.74, 6) is 0. The molecular formula is C45H25N9. The molecule has 0 unspecified atom stereocenters. The average molecular weight is 692 g/mol. The van der Waals surface area contributed by atoms with Crippen molar-refractivity contribution in [3.05, 3.63) is 114 Å². The summed E-state index contributed by atoms with van der Waals surface area (Å²) < 4.78 is 0. The number of pyridine rings is 3. The largest absolute Gasteiger partial charge is 0.252 e. The molecule has 0 saturated heterocycles. The maximum Gasteiger partial charge on any atom is 0.120 e. The summed E-state index contributed by atoms with van der Waals surface area (Å²) in [5, 5.41) is 4.12. The minimum Gasteiger partial charge on any atom is -0.252 e. The molecule has 0 N–H and O–H groups in total. The van der Waals surface area contributed by atoms with Crippen molar-refractivity contribution in [2.24, 2.45) is 0 Å². The molecule has 0 atom stereocenters. The zero-order valence-electron chi connectivity index (χ0n) is 28.7. The van der Waals surface area contributed by atoms with Crippen molar-refractivity contribution in [1.82, 2.24) is 44.9 Å². The van der Waals surface area contributed by atoms with Gasteiger partial charge in [-0.15, -0.1) is 0 Å². The topological polar surface area (TPSA) is 116 Å². The Hall–Kier alpha value is -7.13. The first-order valence-corrected chi connectivity index (χ1v) is 18.3. The van der Waals surface area contributed by atoms with Gasteiger partial charge in [-0.25, -0.2) is 34.9 Å². The molecule has 6 heterocycles. The van der Waals surface area contributed by atoms with Crippen LogP contribution in [0.5, 0.6) is 0 Å². The summed E-state index contributed by atoms with van der Waals surface area (Å²) in [6, 6.07) is 27.1. The second kappa shape index (κ2) is 10.3. The predicted octanol–water partition coefficient (Wildman–Crippen LogP) is 9.69. The molecule has 0 amide bonds. The van der Waals surface area contributed by atoms with Crippen LogP contribution in [0.3, 0.4) is 0 Å². The Morgan fingerprint density at radius 2 is 0.722 bits per heavy atom. The predicted molar refractivity (Wildman–Crippen MR) is 216 cm³/mol. The van der Waals surface area contributed by atoms with Gasteiger partial charge in [-0.1, -0.05) is 42.5 Å². The number of nitrogens with zero attached hydrogens (tertiary/aromatic N) is 9. The van der Waals surface area contributed by atoms with Crippen molar-refractivity contribution in [1.29, 1.82) is 0 Å². The zero-order valence-corrected chi connectivity index (χ0v) is 28.7. The second-order valence-corrected chi connectivity index (χ2v) is 14.5. The molecule has 6 aromatic heterocycles. The van der Waals surface area contributed by atoms with Gasteiger partial charge in [0.05, 0.1) is 55.2 Å². The molecule has 250 valence electrons. The monoisotopic (exact) mass is 691 g/mol. The number of hydrogen-bond donors (Lipinski definition) is 0. The number of allylic oxidation sites excluding steroid dienone is 2. The number of benzene rings is 5. The van der Waals surface area contributed by atoms with E-state index >= 15 is 0 Å². The smallest absolute Gasteiger partial charge is 0.120 e. The number of aromatic nitrogens is 9. The zero-order chi connectivity index (χ0) is 35.1. The number of fused-ring (bicyclic) bond motifs is 15. The van der Waals surface area contributed by atoms with Gasteiger partial charge >= 0.3 is 0 Å². The molecule has 9 nitrogen and oxygen atoms in total. The van der Waals surface area contributed by atoms with E-state index < -0.39 is 0 Å². The minimum atomic E-state index is 0.626. The lowest BCUT2D eigenvalue weighted by molar-refractivity contribution is 0.939. The lowest BCUT2D eigenvalue weighted by Gasteiger charge is -2.13. The van der Waals surface area contributed by atoms with Crippen LogP contribution in [0.1, 0.15) is 35.4 Å². The number of aryl methyl sites for hydroxylation is 2. The van der Waals surface area contributed by atoms with Crippen LogP contribution in [0, 0.1) is 0 Å². The number of rotatable bonds is 0. The fourth-order valence-corrected chi connectivity index (χ4v) is 8.43. The first-order valence-electron chi connectivity index (χ1n) is 18.3. The van der Waals surface area contributed by atoms with Crippen molar-refractivity contribution in [3.8, 4) is 0 Å². The Morgan fingerprint density at radius 3 is 1.20 bits per heavy atom. The van der Waals surface area contributed by atoms with Crippen LogP contribution in [0.2, 0.25) is 0 Å². The second-order valence-electron chi connectivity index (χ2n) is 14.5. The molecule has 9 heteroatoms. The van der Waals surface area contributed by atoms with Gasteiger partial charge in [0.2, 0.25) is 0 Å². The van der Waals surface area contributed by atoms with Gasteiger partial charge in [0.15, 0.2) is 0 Å². The fraction of sp³-hybridized carbons (Fsp3) is 0.0889. The van der Waals surface area contributed by atoms with E-state index in [1.807, 2.05) is 36.4 Å². The van der Waals surface area contributed by atoms with E-state index in [4.69, 9.17) is 44.9 Å². The molecule has 11 aromatic rings. The lowest BCUT2D eigenvalue weighted by Crippen LogP contribution is -2.01. The SMILES string of the molecule is C1=Cc2cc3cc4nc5c6nc7cc8cc9ccccc9nc8cc7nc6c6nc7cc8cc9c(nc8cc7nc6c5nc4cc3nc2CC1)CCC=C9. The van der Waals surface area contributed by atoms with Gasteiger partial charge in [0.25, 0.3) is 0 Å². The summed E-state index contributed by atoms with van der Waals surface area (Å²) in [4.78, 5) is 46.8. The van der Waals surface area contributed by atoms with Crippen LogP contribution in [0.15, 0.2) is 91.0 Å². The standard InChI is InChI=1S/C45H25N9/c1-4-10-28-22(7-1)13-25-16-34-37(19-31(25)46-28)52-43-40(49-34)41-44(53-38-20-32-26(17-35(38)50-41)14-23-8-2-5-11-29(23)47-32)45-42(43)51-36-18-27-15-24-9-3-6-12-30(24)48-33(27)21-39(36)54-45/h1-4,7-10,13-21H,5-6,11-12H2. The Labute approximate surface area is 305 Å². The van der Waals surface area contributed by atoms with Crippen molar-refractivity contribution < 1.29 is 0 Å². The molecule has 2 aliphatic carbocycles. The summed E-state index contributed by atoms with van der Waals surface area (Å²) in [6.07, 6.45) is 12.6. The third-order valence-electron chi connectivity index (χ3n) is 11.1. The summed E-state index contributed by atoms with van der Waals surface area (Å²) in [6.45, 7) is 0. The van der Waals surface area contributed by atoms with E-state index in [9.17, 15) is 0 Å². The lowest BCUT2D eigenvalue weighted by atomic mass is 10.0. The Balaban J connectivity index is 1.16. The highest BCUT2D eigenvalue weighted by Gasteiger charge is 2.21.